The molecule has 0 amide bonds. The van der Waals surface area contributed by atoms with Crippen LogP contribution in [0, 0.1) is 5.92 Å². The number of hydrogen-bond acceptors (Lipinski definition) is 3. The molecule has 0 aromatic carbocycles. The van der Waals surface area contributed by atoms with E-state index in [4.69, 9.17) is 0 Å². The second-order valence-electron chi connectivity index (χ2n) is 3.08. The molecule has 0 bridgehead atoms. The van der Waals surface area contributed by atoms with E-state index in [1.54, 1.807) is 0 Å². The summed E-state index contributed by atoms with van der Waals surface area (Å²) in [4.78, 5) is 10.6. The monoisotopic (exact) mass is 172 g/mol. The molecule has 0 aliphatic rings. The van der Waals surface area contributed by atoms with Crippen molar-refractivity contribution in [1.82, 2.24) is 0 Å². The van der Waals surface area contributed by atoms with Gasteiger partial charge in [0, 0.05) is 6.08 Å². The number of aliphatic hydroxyl groups excluding tert-OH is 1. The highest BCUT2D eigenvalue weighted by Gasteiger charge is 2.03. The molecule has 12 heavy (non-hydrogen) atoms. The number of methoxy groups -OCH3 is 1. The molecule has 3 heteroatoms. The lowest BCUT2D eigenvalue weighted by atomic mass is 10.1. The Morgan fingerprint density at radius 1 is 1.58 bits per heavy atom. The Balaban J connectivity index is 3.74. The quantitative estimate of drug-likeness (QED) is 0.510. The fourth-order valence-electron chi connectivity index (χ4n) is 0.819. The molecule has 1 N–H and O–H groups in total. The van der Waals surface area contributed by atoms with Crippen LogP contribution >= 0.6 is 0 Å². The first-order valence-corrected chi connectivity index (χ1v) is 4.00. The van der Waals surface area contributed by atoms with E-state index in [0.717, 1.165) is 0 Å². The van der Waals surface area contributed by atoms with Crippen molar-refractivity contribution in [3.05, 3.63) is 12.2 Å². The van der Waals surface area contributed by atoms with Crippen LogP contribution in [-0.4, -0.2) is 24.3 Å². The highest BCUT2D eigenvalue weighted by atomic mass is 16.5. The average molecular weight is 172 g/mol. The van der Waals surface area contributed by atoms with Crippen LogP contribution in [0.4, 0.5) is 0 Å². The van der Waals surface area contributed by atoms with Crippen molar-refractivity contribution in [3.8, 4) is 0 Å². The molecule has 0 unspecified atom stereocenters. The Hall–Kier alpha value is -0.830. The third-order valence-electron chi connectivity index (χ3n) is 1.37. The SMILES string of the molecule is COC(=O)/C=C/[C@H](O)CC(C)C. The lowest BCUT2D eigenvalue weighted by Crippen LogP contribution is -2.07. The minimum atomic E-state index is -0.552. The van der Waals surface area contributed by atoms with Crippen molar-refractivity contribution in [1.29, 1.82) is 0 Å². The molecule has 0 radical (unpaired) electrons. The third kappa shape index (κ3) is 5.92. The van der Waals surface area contributed by atoms with Crippen molar-refractivity contribution in [3.63, 3.8) is 0 Å². The Morgan fingerprint density at radius 2 is 2.17 bits per heavy atom. The highest BCUT2D eigenvalue weighted by molar-refractivity contribution is 5.81. The van der Waals surface area contributed by atoms with Crippen molar-refractivity contribution >= 4 is 5.97 Å². The van der Waals surface area contributed by atoms with Crippen molar-refractivity contribution in [2.45, 2.75) is 26.4 Å². The summed E-state index contributed by atoms with van der Waals surface area (Å²) in [5, 5.41) is 9.27. The van der Waals surface area contributed by atoms with Gasteiger partial charge in [0.2, 0.25) is 0 Å². The number of ether oxygens (including phenoxy) is 1. The van der Waals surface area contributed by atoms with Crippen LogP contribution in [0.5, 0.6) is 0 Å². The van der Waals surface area contributed by atoms with Gasteiger partial charge in [0.1, 0.15) is 0 Å². The third-order valence-corrected chi connectivity index (χ3v) is 1.37. The van der Waals surface area contributed by atoms with Gasteiger partial charge in [-0.2, -0.15) is 0 Å². The molecule has 0 spiro atoms. The second kappa shape index (κ2) is 5.77. The first kappa shape index (κ1) is 11.2. The summed E-state index contributed by atoms with van der Waals surface area (Å²) in [6.07, 6.45) is 2.80. The van der Waals surface area contributed by atoms with Gasteiger partial charge in [-0.3, -0.25) is 0 Å². The van der Waals surface area contributed by atoms with Crippen LogP contribution < -0.4 is 0 Å². The Labute approximate surface area is 73.0 Å². The van der Waals surface area contributed by atoms with E-state index < -0.39 is 12.1 Å². The van der Waals surface area contributed by atoms with Crippen LogP contribution in [-0.2, 0) is 9.53 Å². The number of carbonyl (C=O) groups excluding carboxylic acids is 1. The molecular formula is C9H16O3. The van der Waals surface area contributed by atoms with Crippen LogP contribution in [0.2, 0.25) is 0 Å². The topological polar surface area (TPSA) is 46.5 Å². The second-order valence-corrected chi connectivity index (χ2v) is 3.08. The maximum atomic E-state index is 10.6. The minimum Gasteiger partial charge on any atom is -0.466 e. The normalized spacial score (nSPS) is 13.8. The van der Waals surface area contributed by atoms with Crippen LogP contribution in [0.25, 0.3) is 0 Å². The fourth-order valence-corrected chi connectivity index (χ4v) is 0.819. The van der Waals surface area contributed by atoms with Gasteiger partial charge in [-0.05, 0) is 18.4 Å². The van der Waals surface area contributed by atoms with Gasteiger partial charge in [0.05, 0.1) is 13.2 Å². The smallest absolute Gasteiger partial charge is 0.330 e. The summed E-state index contributed by atoms with van der Waals surface area (Å²) in [6, 6.07) is 0. The predicted molar refractivity (Wildman–Crippen MR) is 46.6 cm³/mol. The van der Waals surface area contributed by atoms with E-state index in [2.05, 4.69) is 4.74 Å². The molecule has 0 aliphatic carbocycles. The van der Waals surface area contributed by atoms with Crippen LogP contribution in [0.1, 0.15) is 20.3 Å². The van der Waals surface area contributed by atoms with Gasteiger partial charge in [0.15, 0.2) is 0 Å². The molecule has 0 aromatic rings. The zero-order valence-electron chi connectivity index (χ0n) is 7.78. The summed E-state index contributed by atoms with van der Waals surface area (Å²) in [5.74, 6) is -0.0138. The number of esters is 1. The standard InChI is InChI=1S/C9H16O3/c1-7(2)6-8(10)4-5-9(11)12-3/h4-5,7-8,10H,6H2,1-3H3/b5-4+/t8-/m0/s1. The first-order chi connectivity index (χ1) is 5.56. The summed E-state index contributed by atoms with van der Waals surface area (Å²) < 4.78 is 4.37. The van der Waals surface area contributed by atoms with Gasteiger partial charge >= 0.3 is 5.97 Å². The van der Waals surface area contributed by atoms with Crippen molar-refractivity contribution in [2.24, 2.45) is 5.92 Å². The van der Waals surface area contributed by atoms with E-state index in [-0.39, 0.29) is 0 Å². The number of rotatable bonds is 4. The largest absolute Gasteiger partial charge is 0.466 e. The van der Waals surface area contributed by atoms with Gasteiger partial charge in [-0.1, -0.05) is 13.8 Å². The predicted octanol–water partition coefficient (Wildman–Crippen LogP) is 1.12. The number of carbonyl (C=O) groups is 1. The van der Waals surface area contributed by atoms with E-state index >= 15 is 0 Å². The van der Waals surface area contributed by atoms with Crippen molar-refractivity contribution in [2.75, 3.05) is 7.11 Å². The minimum absolute atomic E-state index is 0.419. The molecule has 3 nitrogen and oxygen atoms in total. The van der Waals surface area contributed by atoms with Crippen LogP contribution in [0.15, 0.2) is 12.2 Å². The molecule has 0 aromatic heterocycles. The van der Waals surface area contributed by atoms with Gasteiger partial charge in [0.25, 0.3) is 0 Å². The number of hydrogen-bond donors (Lipinski definition) is 1. The van der Waals surface area contributed by atoms with E-state index in [1.807, 2.05) is 13.8 Å². The van der Waals surface area contributed by atoms with Crippen molar-refractivity contribution < 1.29 is 14.6 Å². The molecule has 0 aliphatic heterocycles. The highest BCUT2D eigenvalue weighted by Crippen LogP contribution is 2.04. The molecule has 70 valence electrons. The Bertz CT molecular complexity index is 161. The molecule has 0 saturated carbocycles. The summed E-state index contributed by atoms with van der Waals surface area (Å²) in [5.41, 5.74) is 0. The molecule has 0 fully saturated rings. The zero-order valence-corrected chi connectivity index (χ0v) is 7.78. The molecule has 0 saturated heterocycles. The van der Waals surface area contributed by atoms with E-state index in [1.165, 1.54) is 19.3 Å². The van der Waals surface area contributed by atoms with Gasteiger partial charge in [-0.15, -0.1) is 0 Å². The Kier molecular flexibility index (Phi) is 5.37. The lowest BCUT2D eigenvalue weighted by Gasteiger charge is -2.07. The maximum absolute atomic E-state index is 10.6. The summed E-state index contributed by atoms with van der Waals surface area (Å²) in [6.45, 7) is 4.02. The first-order valence-electron chi connectivity index (χ1n) is 4.00. The maximum Gasteiger partial charge on any atom is 0.330 e. The lowest BCUT2D eigenvalue weighted by molar-refractivity contribution is -0.134. The summed E-state index contributed by atoms with van der Waals surface area (Å²) in [7, 11) is 1.31. The summed E-state index contributed by atoms with van der Waals surface area (Å²) >= 11 is 0. The molecule has 0 heterocycles. The average Bonchev–Trinajstić information content (AvgIpc) is 1.99. The zero-order chi connectivity index (χ0) is 9.56. The molecule has 0 rings (SSSR count). The fraction of sp³-hybridized carbons (Fsp3) is 0.667. The van der Waals surface area contributed by atoms with Gasteiger partial charge < -0.3 is 9.84 Å². The molecule has 1 atom stereocenters. The molecular weight excluding hydrogens is 156 g/mol. The number of aliphatic hydroxyl groups is 1. The van der Waals surface area contributed by atoms with E-state index in [9.17, 15) is 9.90 Å². The van der Waals surface area contributed by atoms with Gasteiger partial charge in [-0.25, -0.2) is 4.79 Å². The van der Waals surface area contributed by atoms with Crippen LogP contribution in [0.3, 0.4) is 0 Å². The Morgan fingerprint density at radius 3 is 2.58 bits per heavy atom. The van der Waals surface area contributed by atoms with E-state index in [0.29, 0.717) is 12.3 Å².